The molecule has 98 valence electrons. The lowest BCUT2D eigenvalue weighted by atomic mass is 9.99. The van der Waals surface area contributed by atoms with Gasteiger partial charge >= 0.3 is 0 Å². The maximum Gasteiger partial charge on any atom is 0.257 e. The minimum absolute atomic E-state index is 0.0363. The largest absolute Gasteiger partial charge is 0.508 e. The van der Waals surface area contributed by atoms with Crippen molar-refractivity contribution in [3.8, 4) is 5.75 Å². The lowest BCUT2D eigenvalue weighted by molar-refractivity contribution is 0.0462. The summed E-state index contributed by atoms with van der Waals surface area (Å²) in [6.07, 6.45) is 0.896. The number of hydrogen-bond acceptors (Lipinski definition) is 3. The van der Waals surface area contributed by atoms with Crippen molar-refractivity contribution in [3.63, 3.8) is 0 Å². The topological polar surface area (TPSA) is 40.5 Å². The highest BCUT2D eigenvalue weighted by Crippen LogP contribution is 2.37. The number of aromatic hydroxyl groups is 1. The van der Waals surface area contributed by atoms with Gasteiger partial charge in [0.1, 0.15) is 11.6 Å². The van der Waals surface area contributed by atoms with Crippen molar-refractivity contribution in [3.05, 3.63) is 52.0 Å². The van der Waals surface area contributed by atoms with Gasteiger partial charge in [0, 0.05) is 11.4 Å². The van der Waals surface area contributed by atoms with E-state index in [4.69, 9.17) is 0 Å². The van der Waals surface area contributed by atoms with E-state index in [2.05, 4.69) is 0 Å². The first-order valence-corrected chi connectivity index (χ1v) is 6.87. The van der Waals surface area contributed by atoms with Crippen molar-refractivity contribution in [2.75, 3.05) is 6.54 Å². The molecule has 2 aromatic rings. The Morgan fingerprint density at radius 1 is 1.42 bits per heavy atom. The molecule has 1 aromatic heterocycles. The number of carbonyl (C=O) groups is 1. The number of carbonyl (C=O) groups excluding carboxylic acids is 1. The molecule has 1 aliphatic rings. The molecule has 0 radical (unpaired) electrons. The van der Waals surface area contributed by atoms with Crippen LogP contribution in [0.1, 0.15) is 27.7 Å². The molecule has 1 saturated heterocycles. The van der Waals surface area contributed by atoms with Gasteiger partial charge in [-0.2, -0.15) is 0 Å². The Bertz CT molecular complexity index is 612. The number of thiophene rings is 1. The number of benzene rings is 1. The van der Waals surface area contributed by atoms with Crippen molar-refractivity contribution in [2.24, 2.45) is 0 Å². The van der Waals surface area contributed by atoms with Gasteiger partial charge < -0.3 is 10.0 Å². The predicted molar refractivity (Wildman–Crippen MR) is 70.8 cm³/mol. The van der Waals surface area contributed by atoms with Crippen LogP contribution in [0.5, 0.6) is 5.75 Å². The molecule has 1 fully saturated rings. The Balaban J connectivity index is 1.86. The number of likely N-dealkylation sites (tertiary alicyclic amines) is 1. The minimum Gasteiger partial charge on any atom is -0.508 e. The molecule has 3 rings (SSSR count). The molecule has 0 aliphatic carbocycles. The highest BCUT2D eigenvalue weighted by molar-refractivity contribution is 7.10. The van der Waals surface area contributed by atoms with Crippen LogP contribution in [0.3, 0.4) is 0 Å². The lowest BCUT2D eigenvalue weighted by Crippen LogP contribution is -2.45. The summed E-state index contributed by atoms with van der Waals surface area (Å²) in [5.74, 6) is -1.06. The maximum absolute atomic E-state index is 13.7. The highest BCUT2D eigenvalue weighted by Gasteiger charge is 2.35. The molecule has 1 atom stereocenters. The van der Waals surface area contributed by atoms with Gasteiger partial charge in [0.15, 0.2) is 0 Å². The number of phenols is 1. The Morgan fingerprint density at radius 3 is 2.89 bits per heavy atom. The zero-order valence-electron chi connectivity index (χ0n) is 10.0. The summed E-state index contributed by atoms with van der Waals surface area (Å²) in [5, 5.41) is 11.3. The van der Waals surface area contributed by atoms with Crippen molar-refractivity contribution in [1.29, 1.82) is 0 Å². The monoisotopic (exact) mass is 277 g/mol. The second-order valence-electron chi connectivity index (χ2n) is 4.48. The van der Waals surface area contributed by atoms with Crippen LogP contribution in [0.25, 0.3) is 0 Å². The van der Waals surface area contributed by atoms with Crippen LogP contribution in [0.15, 0.2) is 35.7 Å². The number of phenolic OH excluding ortho intramolecular Hbond substituents is 1. The second kappa shape index (κ2) is 4.66. The van der Waals surface area contributed by atoms with Crippen LogP contribution in [0.2, 0.25) is 0 Å². The van der Waals surface area contributed by atoms with Gasteiger partial charge in [-0.25, -0.2) is 4.39 Å². The lowest BCUT2D eigenvalue weighted by Gasteiger charge is -2.40. The number of rotatable bonds is 2. The van der Waals surface area contributed by atoms with E-state index in [9.17, 15) is 14.3 Å². The summed E-state index contributed by atoms with van der Waals surface area (Å²) in [5.41, 5.74) is -0.0683. The van der Waals surface area contributed by atoms with Gasteiger partial charge in [0.05, 0.1) is 11.6 Å². The van der Waals surface area contributed by atoms with Gasteiger partial charge in [0.25, 0.3) is 5.91 Å². The van der Waals surface area contributed by atoms with Gasteiger partial charge in [0.2, 0.25) is 0 Å². The third-order valence-corrected chi connectivity index (χ3v) is 4.31. The summed E-state index contributed by atoms with van der Waals surface area (Å²) >= 11 is 1.59. The number of nitrogens with zero attached hydrogens (tertiary/aromatic N) is 1. The van der Waals surface area contributed by atoms with Crippen LogP contribution >= 0.6 is 11.3 Å². The normalized spacial score (nSPS) is 18.2. The summed E-state index contributed by atoms with van der Waals surface area (Å²) in [4.78, 5) is 15.0. The van der Waals surface area contributed by atoms with Crippen LogP contribution in [-0.4, -0.2) is 22.5 Å². The first-order valence-electron chi connectivity index (χ1n) is 5.99. The molecule has 1 aromatic carbocycles. The van der Waals surface area contributed by atoms with Crippen LogP contribution in [0.4, 0.5) is 4.39 Å². The fourth-order valence-electron chi connectivity index (χ4n) is 2.24. The molecule has 1 N–H and O–H groups in total. The first-order chi connectivity index (χ1) is 9.16. The van der Waals surface area contributed by atoms with Gasteiger partial charge in [-0.15, -0.1) is 11.3 Å². The van der Waals surface area contributed by atoms with E-state index in [1.54, 1.807) is 16.2 Å². The van der Waals surface area contributed by atoms with Gasteiger partial charge in [-0.05, 0) is 36.1 Å². The molecule has 2 heterocycles. The van der Waals surface area contributed by atoms with Crippen LogP contribution in [0, 0.1) is 5.82 Å². The van der Waals surface area contributed by atoms with E-state index < -0.39 is 5.82 Å². The van der Waals surface area contributed by atoms with Crippen molar-refractivity contribution < 1.29 is 14.3 Å². The van der Waals surface area contributed by atoms with E-state index in [0.29, 0.717) is 6.54 Å². The Kier molecular flexibility index (Phi) is 2.98. The maximum atomic E-state index is 13.7. The molecule has 0 bridgehead atoms. The predicted octanol–water partition coefficient (Wildman–Crippen LogP) is 3.18. The Labute approximate surface area is 113 Å². The van der Waals surface area contributed by atoms with E-state index in [1.165, 1.54) is 12.1 Å². The molecule has 0 saturated carbocycles. The first kappa shape index (κ1) is 12.2. The number of amides is 1. The Hall–Kier alpha value is -1.88. The van der Waals surface area contributed by atoms with E-state index in [-0.39, 0.29) is 23.3 Å². The summed E-state index contributed by atoms with van der Waals surface area (Å²) in [6.45, 7) is 0.622. The van der Waals surface area contributed by atoms with Crippen molar-refractivity contribution in [1.82, 2.24) is 4.90 Å². The molecule has 1 amide bonds. The van der Waals surface area contributed by atoms with Gasteiger partial charge in [-0.3, -0.25) is 4.79 Å². The smallest absolute Gasteiger partial charge is 0.257 e. The molecule has 1 aliphatic heterocycles. The minimum atomic E-state index is -0.598. The molecular formula is C14H12FNO2S. The quantitative estimate of drug-likeness (QED) is 0.916. The third-order valence-electron chi connectivity index (χ3n) is 3.33. The van der Waals surface area contributed by atoms with E-state index >= 15 is 0 Å². The number of halogens is 1. The zero-order valence-corrected chi connectivity index (χ0v) is 10.9. The highest BCUT2D eigenvalue weighted by atomic mass is 32.1. The zero-order chi connectivity index (χ0) is 13.4. The average molecular weight is 277 g/mol. The molecule has 3 nitrogen and oxygen atoms in total. The molecule has 5 heteroatoms. The van der Waals surface area contributed by atoms with E-state index in [0.717, 1.165) is 17.4 Å². The van der Waals surface area contributed by atoms with Gasteiger partial charge in [-0.1, -0.05) is 6.07 Å². The van der Waals surface area contributed by atoms with Crippen LogP contribution in [-0.2, 0) is 0 Å². The SMILES string of the molecule is O=C(c1cc(O)ccc1F)N1CCC1c1cccs1. The second-order valence-corrected chi connectivity index (χ2v) is 5.46. The average Bonchev–Trinajstić information content (AvgIpc) is 2.84. The molecule has 0 spiro atoms. The molecule has 19 heavy (non-hydrogen) atoms. The van der Waals surface area contributed by atoms with Crippen molar-refractivity contribution in [2.45, 2.75) is 12.5 Å². The summed E-state index contributed by atoms with van der Waals surface area (Å²) in [6, 6.07) is 7.49. The molecule has 1 unspecified atom stereocenters. The number of hydrogen-bond donors (Lipinski definition) is 1. The fourth-order valence-corrected chi connectivity index (χ4v) is 3.11. The van der Waals surface area contributed by atoms with Crippen molar-refractivity contribution >= 4 is 17.2 Å². The Morgan fingerprint density at radius 2 is 2.26 bits per heavy atom. The summed E-state index contributed by atoms with van der Waals surface area (Å²) < 4.78 is 13.7. The van der Waals surface area contributed by atoms with E-state index in [1.807, 2.05) is 17.5 Å². The standard InChI is InChI=1S/C14H12FNO2S/c15-11-4-3-9(17)8-10(11)14(18)16-6-5-12(16)13-2-1-7-19-13/h1-4,7-8,12,17H,5-6H2. The fraction of sp³-hybridized carbons (Fsp3) is 0.214. The third kappa shape index (κ3) is 2.10. The molecular weight excluding hydrogens is 265 g/mol. The summed E-state index contributed by atoms with van der Waals surface area (Å²) in [7, 11) is 0. The van der Waals surface area contributed by atoms with Crippen LogP contribution < -0.4 is 0 Å².